The van der Waals surface area contributed by atoms with Gasteiger partial charge in [-0.1, -0.05) is 0 Å². The Hall–Kier alpha value is -2.37. The van der Waals surface area contributed by atoms with Crippen LogP contribution in [0.5, 0.6) is 0 Å². The summed E-state index contributed by atoms with van der Waals surface area (Å²) in [5.41, 5.74) is 5.39. The van der Waals surface area contributed by atoms with E-state index in [0.29, 0.717) is 0 Å². The molecule has 1 aliphatic rings. The van der Waals surface area contributed by atoms with Crippen LogP contribution in [0.2, 0.25) is 0 Å². The topological polar surface area (TPSA) is 98.5 Å². The monoisotopic (exact) mass is 262 g/mol. The SMILES string of the molecule is CC(C)(C)OC(=O)c1ccc2c(c1N)C(=O)NC2=O. The highest BCUT2D eigenvalue weighted by Gasteiger charge is 2.32. The van der Waals surface area contributed by atoms with Crippen molar-refractivity contribution in [2.24, 2.45) is 0 Å². The third-order valence-corrected chi connectivity index (χ3v) is 2.56. The summed E-state index contributed by atoms with van der Waals surface area (Å²) in [4.78, 5) is 35.0. The van der Waals surface area contributed by atoms with Gasteiger partial charge in [-0.05, 0) is 32.9 Å². The van der Waals surface area contributed by atoms with Gasteiger partial charge in [0.1, 0.15) is 5.60 Å². The number of fused-ring (bicyclic) bond motifs is 1. The predicted octanol–water partition coefficient (Wildman–Crippen LogP) is 1.11. The zero-order valence-electron chi connectivity index (χ0n) is 10.9. The van der Waals surface area contributed by atoms with Gasteiger partial charge in [-0.3, -0.25) is 14.9 Å². The highest BCUT2D eigenvalue weighted by atomic mass is 16.6. The molecule has 1 aliphatic heterocycles. The van der Waals surface area contributed by atoms with Crippen molar-refractivity contribution < 1.29 is 19.1 Å². The smallest absolute Gasteiger partial charge is 0.340 e. The largest absolute Gasteiger partial charge is 0.456 e. The molecule has 19 heavy (non-hydrogen) atoms. The van der Waals surface area contributed by atoms with Gasteiger partial charge in [-0.15, -0.1) is 0 Å². The number of nitrogens with two attached hydrogens (primary N) is 1. The Morgan fingerprint density at radius 2 is 1.84 bits per heavy atom. The van der Waals surface area contributed by atoms with Crippen LogP contribution in [-0.4, -0.2) is 23.4 Å². The fraction of sp³-hybridized carbons (Fsp3) is 0.308. The Labute approximate surface area is 109 Å². The first-order valence-corrected chi connectivity index (χ1v) is 5.72. The maximum absolute atomic E-state index is 12.0. The van der Waals surface area contributed by atoms with Crippen LogP contribution in [-0.2, 0) is 4.74 Å². The molecular formula is C13H14N2O4. The molecule has 1 aromatic rings. The molecule has 0 atom stereocenters. The number of rotatable bonds is 1. The summed E-state index contributed by atoms with van der Waals surface area (Å²) in [5.74, 6) is -1.73. The van der Waals surface area contributed by atoms with Crippen molar-refractivity contribution in [1.29, 1.82) is 0 Å². The average Bonchev–Trinajstić information content (AvgIpc) is 2.52. The number of nitrogen functional groups attached to an aromatic ring is 1. The summed E-state index contributed by atoms with van der Waals surface area (Å²) in [6, 6.07) is 2.78. The number of hydrogen-bond donors (Lipinski definition) is 2. The van der Waals surface area contributed by atoms with Crippen LogP contribution in [0.15, 0.2) is 12.1 Å². The van der Waals surface area contributed by atoms with E-state index in [0.717, 1.165) is 0 Å². The fourth-order valence-corrected chi connectivity index (χ4v) is 1.80. The number of nitrogens with one attached hydrogen (secondary N) is 1. The van der Waals surface area contributed by atoms with E-state index in [2.05, 4.69) is 5.32 Å². The second-order valence-electron chi connectivity index (χ2n) is 5.23. The summed E-state index contributed by atoms with van der Waals surface area (Å²) >= 11 is 0. The number of amides is 2. The van der Waals surface area contributed by atoms with Crippen LogP contribution >= 0.6 is 0 Å². The van der Waals surface area contributed by atoms with Gasteiger partial charge < -0.3 is 10.5 Å². The number of ether oxygens (including phenoxy) is 1. The molecule has 6 heteroatoms. The van der Waals surface area contributed by atoms with Gasteiger partial charge in [0, 0.05) is 0 Å². The maximum Gasteiger partial charge on any atom is 0.340 e. The molecule has 0 aromatic heterocycles. The van der Waals surface area contributed by atoms with Gasteiger partial charge in [0.2, 0.25) is 0 Å². The van der Waals surface area contributed by atoms with Crippen LogP contribution in [0.4, 0.5) is 5.69 Å². The quantitative estimate of drug-likeness (QED) is 0.448. The van der Waals surface area contributed by atoms with E-state index in [4.69, 9.17) is 10.5 Å². The summed E-state index contributed by atoms with van der Waals surface area (Å²) in [5, 5.41) is 2.13. The average molecular weight is 262 g/mol. The highest BCUT2D eigenvalue weighted by Crippen LogP contribution is 2.27. The van der Waals surface area contributed by atoms with Gasteiger partial charge in [-0.25, -0.2) is 4.79 Å². The lowest BCUT2D eigenvalue weighted by molar-refractivity contribution is 0.00706. The molecule has 0 saturated carbocycles. The Bertz CT molecular complexity index is 599. The lowest BCUT2D eigenvalue weighted by atomic mass is 10.0. The van der Waals surface area contributed by atoms with Crippen LogP contribution in [0.25, 0.3) is 0 Å². The minimum Gasteiger partial charge on any atom is -0.456 e. The summed E-state index contributed by atoms with van der Waals surface area (Å²) in [6.07, 6.45) is 0. The molecule has 1 heterocycles. The molecule has 6 nitrogen and oxygen atoms in total. The Morgan fingerprint density at radius 3 is 2.42 bits per heavy atom. The standard InChI is InChI=1S/C13H14N2O4/c1-13(2,3)19-12(18)7-5-4-6-8(9(7)14)11(17)15-10(6)16/h4-5H,14H2,1-3H3,(H,15,16,17). The minimum absolute atomic E-state index is 0.0323. The van der Waals surface area contributed by atoms with Crippen molar-refractivity contribution >= 4 is 23.5 Å². The molecule has 3 N–H and O–H groups in total. The van der Waals surface area contributed by atoms with Crippen molar-refractivity contribution in [3.63, 3.8) is 0 Å². The molecule has 0 unspecified atom stereocenters. The molecule has 0 bridgehead atoms. The number of benzene rings is 1. The molecule has 0 fully saturated rings. The zero-order chi connectivity index (χ0) is 14.4. The maximum atomic E-state index is 12.0. The van der Waals surface area contributed by atoms with Gasteiger partial charge in [-0.2, -0.15) is 0 Å². The second kappa shape index (κ2) is 4.08. The molecule has 1 aromatic carbocycles. The molecular weight excluding hydrogens is 248 g/mol. The lowest BCUT2D eigenvalue weighted by Crippen LogP contribution is -2.25. The molecule has 2 amide bonds. The van der Waals surface area contributed by atoms with E-state index in [1.54, 1.807) is 20.8 Å². The van der Waals surface area contributed by atoms with Crippen molar-refractivity contribution in [3.8, 4) is 0 Å². The predicted molar refractivity (Wildman–Crippen MR) is 67.8 cm³/mol. The minimum atomic E-state index is -0.666. The van der Waals surface area contributed by atoms with E-state index >= 15 is 0 Å². The Morgan fingerprint density at radius 1 is 1.21 bits per heavy atom. The normalized spacial score (nSPS) is 14.1. The van der Waals surface area contributed by atoms with E-state index in [1.165, 1.54) is 12.1 Å². The molecule has 100 valence electrons. The first kappa shape index (κ1) is 13.1. The number of carbonyl (C=O) groups excluding carboxylic acids is 3. The summed E-state index contributed by atoms with van der Waals surface area (Å²) < 4.78 is 5.19. The number of esters is 1. The van der Waals surface area contributed by atoms with Crippen LogP contribution in [0.1, 0.15) is 51.8 Å². The van der Waals surface area contributed by atoms with Gasteiger partial charge in [0.05, 0.1) is 22.4 Å². The van der Waals surface area contributed by atoms with E-state index in [9.17, 15) is 14.4 Å². The highest BCUT2D eigenvalue weighted by molar-refractivity contribution is 6.25. The van der Waals surface area contributed by atoms with E-state index in [-0.39, 0.29) is 22.4 Å². The van der Waals surface area contributed by atoms with Gasteiger partial charge >= 0.3 is 5.97 Å². The number of imide groups is 1. The summed E-state index contributed by atoms with van der Waals surface area (Å²) in [7, 11) is 0. The van der Waals surface area contributed by atoms with Crippen LogP contribution in [0.3, 0.4) is 0 Å². The van der Waals surface area contributed by atoms with Crippen LogP contribution < -0.4 is 11.1 Å². The molecule has 2 rings (SSSR count). The Kier molecular flexibility index (Phi) is 2.81. The van der Waals surface area contributed by atoms with Gasteiger partial charge in [0.25, 0.3) is 11.8 Å². The molecule has 0 aliphatic carbocycles. The number of anilines is 1. The summed E-state index contributed by atoms with van der Waals surface area (Å²) in [6.45, 7) is 5.18. The first-order chi connectivity index (χ1) is 8.70. The van der Waals surface area contributed by atoms with Crippen LogP contribution in [0, 0.1) is 0 Å². The molecule has 0 radical (unpaired) electrons. The number of carbonyl (C=O) groups is 3. The lowest BCUT2D eigenvalue weighted by Gasteiger charge is -2.20. The number of hydrogen-bond acceptors (Lipinski definition) is 5. The molecule has 0 saturated heterocycles. The van der Waals surface area contributed by atoms with E-state index in [1.807, 2.05) is 0 Å². The van der Waals surface area contributed by atoms with Crippen molar-refractivity contribution in [2.45, 2.75) is 26.4 Å². The van der Waals surface area contributed by atoms with Crippen molar-refractivity contribution in [3.05, 3.63) is 28.8 Å². The van der Waals surface area contributed by atoms with E-state index < -0.39 is 23.4 Å². The third-order valence-electron chi connectivity index (χ3n) is 2.56. The third kappa shape index (κ3) is 2.29. The second-order valence-corrected chi connectivity index (χ2v) is 5.23. The Balaban J connectivity index is 2.46. The van der Waals surface area contributed by atoms with Gasteiger partial charge in [0.15, 0.2) is 0 Å². The zero-order valence-corrected chi connectivity index (χ0v) is 10.9. The first-order valence-electron chi connectivity index (χ1n) is 5.72. The van der Waals surface area contributed by atoms with Crippen molar-refractivity contribution in [1.82, 2.24) is 5.32 Å². The van der Waals surface area contributed by atoms with Crippen molar-refractivity contribution in [2.75, 3.05) is 5.73 Å². The molecule has 0 spiro atoms. The fourth-order valence-electron chi connectivity index (χ4n) is 1.80.